The van der Waals surface area contributed by atoms with Crippen LogP contribution in [0.5, 0.6) is 0 Å². The zero-order valence-corrected chi connectivity index (χ0v) is 12.6. The number of para-hydroxylation sites is 1. The molecule has 1 N–H and O–H groups in total. The van der Waals surface area contributed by atoms with Crippen LogP contribution in [0.1, 0.15) is 12.6 Å². The van der Waals surface area contributed by atoms with Gasteiger partial charge in [-0.25, -0.2) is 4.68 Å². The predicted molar refractivity (Wildman–Crippen MR) is 78.2 cm³/mol. The number of benzene rings is 1. The summed E-state index contributed by atoms with van der Waals surface area (Å²) in [5.74, 6) is -1.15. The molecule has 0 fully saturated rings. The Labute approximate surface area is 131 Å². The van der Waals surface area contributed by atoms with E-state index in [0.717, 1.165) is 10.9 Å². The number of halogens is 3. The molecule has 124 valence electrons. The highest BCUT2D eigenvalue weighted by atomic mass is 19.4. The Morgan fingerprint density at radius 3 is 2.57 bits per heavy atom. The van der Waals surface area contributed by atoms with E-state index in [4.69, 9.17) is 4.74 Å². The first-order chi connectivity index (χ1) is 10.8. The lowest BCUT2D eigenvalue weighted by molar-refractivity contribution is -0.142. The van der Waals surface area contributed by atoms with Crippen molar-refractivity contribution in [1.29, 1.82) is 0 Å². The fourth-order valence-corrected chi connectivity index (χ4v) is 2.06. The number of nitrogens with one attached hydrogen (secondary N) is 1. The van der Waals surface area contributed by atoms with E-state index >= 15 is 0 Å². The molecule has 0 aliphatic rings. The number of amides is 1. The summed E-state index contributed by atoms with van der Waals surface area (Å²) in [7, 11) is 1.42. The second-order valence-electron chi connectivity index (χ2n) is 5.00. The summed E-state index contributed by atoms with van der Waals surface area (Å²) in [5.41, 5.74) is -1.15. The molecule has 1 atom stereocenters. The van der Waals surface area contributed by atoms with Crippen molar-refractivity contribution >= 4 is 11.6 Å². The highest BCUT2D eigenvalue weighted by Gasteiger charge is 2.39. The largest absolute Gasteiger partial charge is 0.435 e. The van der Waals surface area contributed by atoms with Gasteiger partial charge < -0.3 is 10.1 Å². The molecule has 0 aliphatic carbocycles. The van der Waals surface area contributed by atoms with E-state index in [1.54, 1.807) is 25.1 Å². The molecule has 0 saturated carbocycles. The number of methoxy groups -OCH3 is 1. The average molecular weight is 327 g/mol. The van der Waals surface area contributed by atoms with E-state index in [1.807, 2.05) is 0 Å². The number of carbonyl (C=O) groups is 1. The van der Waals surface area contributed by atoms with Crippen molar-refractivity contribution in [2.45, 2.75) is 13.1 Å². The third-order valence-electron chi connectivity index (χ3n) is 3.16. The van der Waals surface area contributed by atoms with Crippen LogP contribution in [0.15, 0.2) is 36.5 Å². The number of hydrogen-bond donors (Lipinski definition) is 1. The first-order valence-corrected chi connectivity index (χ1v) is 6.85. The number of anilines is 1. The lowest BCUT2D eigenvalue weighted by Crippen LogP contribution is -2.25. The van der Waals surface area contributed by atoms with Gasteiger partial charge in [0.05, 0.1) is 30.1 Å². The Kier molecular flexibility index (Phi) is 5.05. The molecule has 0 radical (unpaired) electrons. The van der Waals surface area contributed by atoms with Crippen LogP contribution in [0.4, 0.5) is 18.9 Å². The molecule has 1 amide bonds. The van der Waals surface area contributed by atoms with Crippen LogP contribution in [-0.4, -0.2) is 29.4 Å². The topological polar surface area (TPSA) is 56.1 Å². The Morgan fingerprint density at radius 1 is 1.35 bits per heavy atom. The van der Waals surface area contributed by atoms with Crippen molar-refractivity contribution in [2.75, 3.05) is 19.0 Å². The van der Waals surface area contributed by atoms with Crippen LogP contribution < -0.4 is 5.32 Å². The molecular weight excluding hydrogens is 311 g/mol. The number of nitrogens with zero attached hydrogens (tertiary/aromatic N) is 2. The van der Waals surface area contributed by atoms with Crippen molar-refractivity contribution in [3.05, 3.63) is 42.2 Å². The number of rotatable bonds is 5. The lowest BCUT2D eigenvalue weighted by atomic mass is 10.2. The molecule has 0 unspecified atom stereocenters. The second-order valence-corrected chi connectivity index (χ2v) is 5.00. The molecule has 2 rings (SSSR count). The van der Waals surface area contributed by atoms with E-state index in [-0.39, 0.29) is 18.0 Å². The van der Waals surface area contributed by atoms with E-state index in [1.165, 1.54) is 19.2 Å². The third-order valence-corrected chi connectivity index (χ3v) is 3.16. The monoisotopic (exact) mass is 327 g/mol. The van der Waals surface area contributed by atoms with Gasteiger partial charge in [0.15, 0.2) is 5.69 Å². The predicted octanol–water partition coefficient (Wildman–Crippen LogP) is 3.11. The first kappa shape index (κ1) is 17.0. The lowest BCUT2D eigenvalue weighted by Gasteiger charge is -2.15. The maximum Gasteiger partial charge on any atom is 0.435 e. The minimum Gasteiger partial charge on any atom is -0.384 e. The van der Waals surface area contributed by atoms with Crippen molar-refractivity contribution in [3.63, 3.8) is 0 Å². The van der Waals surface area contributed by atoms with Crippen LogP contribution in [-0.2, 0) is 15.7 Å². The van der Waals surface area contributed by atoms with Gasteiger partial charge in [0, 0.05) is 7.11 Å². The molecule has 0 bridgehead atoms. The van der Waals surface area contributed by atoms with Gasteiger partial charge in [-0.05, 0) is 12.1 Å². The fourth-order valence-electron chi connectivity index (χ4n) is 2.06. The summed E-state index contributed by atoms with van der Waals surface area (Å²) < 4.78 is 45.8. The quantitative estimate of drug-likeness (QED) is 0.918. The summed E-state index contributed by atoms with van der Waals surface area (Å²) in [6, 6.07) is 7.91. The van der Waals surface area contributed by atoms with Crippen LogP contribution in [0.25, 0.3) is 5.69 Å². The van der Waals surface area contributed by atoms with Crippen molar-refractivity contribution in [1.82, 2.24) is 9.78 Å². The van der Waals surface area contributed by atoms with Gasteiger partial charge >= 0.3 is 6.18 Å². The third kappa shape index (κ3) is 3.89. The van der Waals surface area contributed by atoms with Gasteiger partial charge in [-0.3, -0.25) is 4.79 Å². The summed E-state index contributed by atoms with van der Waals surface area (Å²) in [5, 5.41) is 6.03. The highest BCUT2D eigenvalue weighted by molar-refractivity contribution is 5.93. The van der Waals surface area contributed by atoms with Gasteiger partial charge in [-0.2, -0.15) is 18.3 Å². The number of carbonyl (C=O) groups excluding carboxylic acids is 1. The summed E-state index contributed by atoms with van der Waals surface area (Å²) in [6.07, 6.45) is -3.67. The molecular formula is C15H16F3N3O2. The van der Waals surface area contributed by atoms with E-state index in [0.29, 0.717) is 0 Å². The van der Waals surface area contributed by atoms with Crippen molar-refractivity contribution in [3.8, 4) is 5.69 Å². The van der Waals surface area contributed by atoms with E-state index in [2.05, 4.69) is 10.4 Å². The maximum absolute atomic E-state index is 13.4. The van der Waals surface area contributed by atoms with Gasteiger partial charge in [0.25, 0.3) is 0 Å². The maximum atomic E-state index is 13.4. The van der Waals surface area contributed by atoms with Gasteiger partial charge in [-0.15, -0.1) is 0 Å². The zero-order valence-electron chi connectivity index (χ0n) is 12.6. The van der Waals surface area contributed by atoms with Crippen molar-refractivity contribution in [2.24, 2.45) is 5.92 Å². The molecule has 2 aromatic rings. The summed E-state index contributed by atoms with van der Waals surface area (Å²) in [6.45, 7) is 1.67. The minimum atomic E-state index is -4.67. The van der Waals surface area contributed by atoms with Gasteiger partial charge in [0.1, 0.15) is 0 Å². The number of ether oxygens (including phenoxy) is 1. The van der Waals surface area contributed by atoms with Gasteiger partial charge in [-0.1, -0.05) is 25.1 Å². The van der Waals surface area contributed by atoms with Crippen LogP contribution in [0.2, 0.25) is 0 Å². The molecule has 0 spiro atoms. The van der Waals surface area contributed by atoms with Crippen molar-refractivity contribution < 1.29 is 22.7 Å². The first-order valence-electron chi connectivity index (χ1n) is 6.85. The zero-order chi connectivity index (χ0) is 17.0. The fraction of sp³-hybridized carbons (Fsp3) is 0.333. The minimum absolute atomic E-state index is 0.111. The number of aromatic nitrogens is 2. The van der Waals surface area contributed by atoms with Crippen LogP contribution in [0.3, 0.4) is 0 Å². The number of alkyl halides is 3. The highest BCUT2D eigenvalue weighted by Crippen LogP contribution is 2.36. The molecule has 0 saturated heterocycles. The SMILES string of the molecule is COC[C@H](C)C(=O)Nc1cnn(-c2ccccc2)c1C(F)(F)F. The number of hydrogen-bond acceptors (Lipinski definition) is 3. The average Bonchev–Trinajstić information content (AvgIpc) is 2.92. The Morgan fingerprint density at radius 2 is 2.00 bits per heavy atom. The smallest absolute Gasteiger partial charge is 0.384 e. The van der Waals surface area contributed by atoms with E-state index in [9.17, 15) is 18.0 Å². The molecule has 5 nitrogen and oxygen atoms in total. The standard InChI is InChI=1S/C15H16F3N3O2/c1-10(9-23-2)14(22)20-12-8-19-21(13(12)15(16,17)18)11-6-4-3-5-7-11/h3-8,10H,9H2,1-2H3,(H,20,22)/t10-/m0/s1. The Hall–Kier alpha value is -2.35. The summed E-state index contributed by atoms with van der Waals surface area (Å²) in [4.78, 5) is 11.9. The van der Waals surface area contributed by atoms with Crippen LogP contribution in [0, 0.1) is 5.92 Å². The normalized spacial score (nSPS) is 12.9. The molecule has 8 heteroatoms. The summed E-state index contributed by atoms with van der Waals surface area (Å²) >= 11 is 0. The van der Waals surface area contributed by atoms with E-state index < -0.39 is 23.7 Å². The molecule has 1 aromatic carbocycles. The van der Waals surface area contributed by atoms with Gasteiger partial charge in [0.2, 0.25) is 5.91 Å². The molecule has 1 heterocycles. The molecule has 0 aliphatic heterocycles. The Bertz CT molecular complexity index is 668. The molecule has 1 aromatic heterocycles. The second kappa shape index (κ2) is 6.82. The molecule has 23 heavy (non-hydrogen) atoms. The van der Waals surface area contributed by atoms with Crippen LogP contribution >= 0.6 is 0 Å². The Balaban J connectivity index is 2.38.